The molecule has 1 aliphatic carbocycles. The lowest BCUT2D eigenvalue weighted by Crippen LogP contribution is -2.44. The van der Waals surface area contributed by atoms with Gasteiger partial charge >= 0.3 is 5.69 Å². The summed E-state index contributed by atoms with van der Waals surface area (Å²) in [6.07, 6.45) is 3.76. The Hall–Kier alpha value is -1.79. The van der Waals surface area contributed by atoms with Crippen LogP contribution in [0.1, 0.15) is 25.7 Å². The number of halogens is 1. The zero-order chi connectivity index (χ0) is 19.0. The molecule has 2 heterocycles. The molecular formula is C20H26ClN3O3. The topological polar surface area (TPSA) is 56.5 Å². The summed E-state index contributed by atoms with van der Waals surface area (Å²) in [6.45, 7) is 3.41. The predicted octanol–water partition coefficient (Wildman–Crippen LogP) is 2.66. The summed E-state index contributed by atoms with van der Waals surface area (Å²) >= 11 is 6.15. The normalized spacial score (nSPS) is 23.7. The smallest absolute Gasteiger partial charge is 0.328 e. The minimum Gasteiger partial charge on any atom is -0.378 e. The van der Waals surface area contributed by atoms with Gasteiger partial charge in [-0.05, 0) is 49.8 Å². The van der Waals surface area contributed by atoms with Crippen LogP contribution < -0.4 is 5.69 Å². The Morgan fingerprint density at radius 3 is 2.56 bits per heavy atom. The van der Waals surface area contributed by atoms with Gasteiger partial charge < -0.3 is 9.64 Å². The van der Waals surface area contributed by atoms with E-state index in [1.165, 1.54) is 0 Å². The van der Waals surface area contributed by atoms with Crippen LogP contribution >= 0.6 is 11.6 Å². The molecule has 1 aromatic heterocycles. The number of amides is 1. The van der Waals surface area contributed by atoms with E-state index in [9.17, 15) is 9.59 Å². The van der Waals surface area contributed by atoms with E-state index in [2.05, 4.69) is 0 Å². The van der Waals surface area contributed by atoms with E-state index in [0.717, 1.165) is 36.7 Å². The molecule has 1 aromatic carbocycles. The number of nitrogens with zero attached hydrogens (tertiary/aromatic N) is 3. The Labute approximate surface area is 163 Å². The minimum absolute atomic E-state index is 0.00113. The Morgan fingerprint density at radius 1 is 1.15 bits per heavy atom. The summed E-state index contributed by atoms with van der Waals surface area (Å²) in [6, 6.07) is 5.58. The summed E-state index contributed by atoms with van der Waals surface area (Å²) in [5.74, 6) is 0.824. The van der Waals surface area contributed by atoms with Gasteiger partial charge in [0.25, 0.3) is 0 Å². The third-order valence-corrected chi connectivity index (χ3v) is 6.30. The standard InChI is InChI=1S/C20H26ClN3O3/c1-22-17-7-6-16(21)12-18(17)24(20(22)26)13-14-2-4-15(5-3-14)19(25)23-8-10-27-11-9-23/h6-7,12,14-15H,2-5,8-11,13H2,1H3/t14-,15-. The Kier molecular flexibility index (Phi) is 5.28. The molecule has 146 valence electrons. The van der Waals surface area contributed by atoms with Crippen molar-refractivity contribution in [3.8, 4) is 0 Å². The zero-order valence-electron chi connectivity index (χ0n) is 15.7. The Bertz CT molecular complexity index is 890. The Balaban J connectivity index is 1.43. The molecule has 0 spiro atoms. The van der Waals surface area contributed by atoms with E-state index in [1.54, 1.807) is 11.6 Å². The highest BCUT2D eigenvalue weighted by molar-refractivity contribution is 6.31. The molecule has 0 bridgehead atoms. The second-order valence-electron chi connectivity index (χ2n) is 7.74. The molecule has 7 heteroatoms. The number of hydrogen-bond donors (Lipinski definition) is 0. The molecular weight excluding hydrogens is 366 g/mol. The molecule has 0 radical (unpaired) electrons. The van der Waals surface area contributed by atoms with E-state index < -0.39 is 0 Å². The van der Waals surface area contributed by atoms with Gasteiger partial charge in [0.15, 0.2) is 0 Å². The quantitative estimate of drug-likeness (QED) is 0.808. The number of morpholine rings is 1. The van der Waals surface area contributed by atoms with Crippen LogP contribution in [0.4, 0.5) is 0 Å². The van der Waals surface area contributed by atoms with Crippen molar-refractivity contribution in [3.05, 3.63) is 33.7 Å². The first-order valence-electron chi connectivity index (χ1n) is 9.76. The van der Waals surface area contributed by atoms with Crippen LogP contribution in [0.25, 0.3) is 11.0 Å². The van der Waals surface area contributed by atoms with Crippen LogP contribution in [-0.2, 0) is 23.1 Å². The van der Waals surface area contributed by atoms with E-state index in [0.29, 0.717) is 43.8 Å². The van der Waals surface area contributed by atoms with Crippen molar-refractivity contribution in [1.29, 1.82) is 0 Å². The number of rotatable bonds is 3. The number of aromatic nitrogens is 2. The van der Waals surface area contributed by atoms with Crippen molar-refractivity contribution in [2.24, 2.45) is 18.9 Å². The summed E-state index contributed by atoms with van der Waals surface area (Å²) in [4.78, 5) is 27.3. The first kappa shape index (κ1) is 18.6. The van der Waals surface area contributed by atoms with Gasteiger partial charge in [-0.3, -0.25) is 13.9 Å². The average Bonchev–Trinajstić information content (AvgIpc) is 2.93. The first-order valence-corrected chi connectivity index (χ1v) is 10.1. The van der Waals surface area contributed by atoms with E-state index in [4.69, 9.17) is 16.3 Å². The second kappa shape index (κ2) is 7.68. The van der Waals surface area contributed by atoms with Gasteiger partial charge in [-0.2, -0.15) is 0 Å². The number of benzene rings is 1. The monoisotopic (exact) mass is 391 g/mol. The number of ether oxygens (including phenoxy) is 1. The molecule has 2 aliphatic rings. The zero-order valence-corrected chi connectivity index (χ0v) is 16.5. The van der Waals surface area contributed by atoms with E-state index in [1.807, 2.05) is 27.7 Å². The molecule has 6 nitrogen and oxygen atoms in total. The maximum absolute atomic E-state index is 12.7. The van der Waals surface area contributed by atoms with Crippen molar-refractivity contribution in [1.82, 2.24) is 14.0 Å². The predicted molar refractivity (Wildman–Crippen MR) is 105 cm³/mol. The van der Waals surface area contributed by atoms with Crippen molar-refractivity contribution in [2.75, 3.05) is 26.3 Å². The van der Waals surface area contributed by atoms with Crippen LogP contribution in [0.3, 0.4) is 0 Å². The Morgan fingerprint density at radius 2 is 1.85 bits per heavy atom. The van der Waals surface area contributed by atoms with Gasteiger partial charge in [-0.25, -0.2) is 4.79 Å². The van der Waals surface area contributed by atoms with Gasteiger partial charge in [-0.1, -0.05) is 11.6 Å². The summed E-state index contributed by atoms with van der Waals surface area (Å²) < 4.78 is 8.86. The molecule has 1 amide bonds. The number of aryl methyl sites for hydroxylation is 1. The van der Waals surface area contributed by atoms with Crippen molar-refractivity contribution in [3.63, 3.8) is 0 Å². The van der Waals surface area contributed by atoms with Crippen LogP contribution in [0.5, 0.6) is 0 Å². The lowest BCUT2D eigenvalue weighted by molar-refractivity contribution is -0.141. The minimum atomic E-state index is -0.00113. The number of fused-ring (bicyclic) bond motifs is 1. The number of hydrogen-bond acceptors (Lipinski definition) is 3. The van der Waals surface area contributed by atoms with Gasteiger partial charge in [0, 0.05) is 37.6 Å². The highest BCUT2D eigenvalue weighted by Crippen LogP contribution is 2.32. The molecule has 4 rings (SSSR count). The molecule has 0 atom stereocenters. The second-order valence-corrected chi connectivity index (χ2v) is 8.18. The molecule has 1 saturated carbocycles. The van der Waals surface area contributed by atoms with Crippen LogP contribution in [-0.4, -0.2) is 46.2 Å². The van der Waals surface area contributed by atoms with Gasteiger partial charge in [0.2, 0.25) is 5.91 Å². The lowest BCUT2D eigenvalue weighted by atomic mass is 9.81. The van der Waals surface area contributed by atoms with Crippen LogP contribution in [0.15, 0.2) is 23.0 Å². The molecule has 1 saturated heterocycles. The molecule has 2 fully saturated rings. The van der Waals surface area contributed by atoms with Crippen LogP contribution in [0, 0.1) is 11.8 Å². The fraction of sp³-hybridized carbons (Fsp3) is 0.600. The van der Waals surface area contributed by atoms with Gasteiger partial charge in [-0.15, -0.1) is 0 Å². The van der Waals surface area contributed by atoms with E-state index in [-0.39, 0.29) is 17.5 Å². The summed E-state index contributed by atoms with van der Waals surface area (Å²) in [5, 5.41) is 0.640. The highest BCUT2D eigenvalue weighted by Gasteiger charge is 2.30. The number of carbonyl (C=O) groups excluding carboxylic acids is 1. The maximum atomic E-state index is 12.7. The van der Waals surface area contributed by atoms with E-state index >= 15 is 0 Å². The summed E-state index contributed by atoms with van der Waals surface area (Å²) in [7, 11) is 1.80. The fourth-order valence-electron chi connectivity index (χ4n) is 4.45. The molecule has 0 N–H and O–H groups in total. The van der Waals surface area contributed by atoms with Gasteiger partial charge in [0.05, 0.1) is 24.2 Å². The highest BCUT2D eigenvalue weighted by atomic mass is 35.5. The SMILES string of the molecule is Cn1c(=O)n(C[C@H]2CC[C@H](C(=O)N3CCOCC3)CC2)c2cc(Cl)ccc21. The first-order chi connectivity index (χ1) is 13.0. The molecule has 0 unspecified atom stereocenters. The largest absolute Gasteiger partial charge is 0.378 e. The maximum Gasteiger partial charge on any atom is 0.328 e. The number of imidazole rings is 1. The average molecular weight is 392 g/mol. The van der Waals surface area contributed by atoms with Crippen LogP contribution in [0.2, 0.25) is 5.02 Å². The lowest BCUT2D eigenvalue weighted by Gasteiger charge is -2.34. The van der Waals surface area contributed by atoms with Crippen molar-refractivity contribution < 1.29 is 9.53 Å². The number of carbonyl (C=O) groups is 1. The summed E-state index contributed by atoms with van der Waals surface area (Å²) in [5.41, 5.74) is 1.79. The van der Waals surface area contributed by atoms with Crippen molar-refractivity contribution >= 4 is 28.5 Å². The third kappa shape index (κ3) is 3.65. The fourth-order valence-corrected chi connectivity index (χ4v) is 4.62. The molecule has 27 heavy (non-hydrogen) atoms. The van der Waals surface area contributed by atoms with Gasteiger partial charge in [0.1, 0.15) is 0 Å². The van der Waals surface area contributed by atoms with Crippen molar-refractivity contribution in [2.45, 2.75) is 32.2 Å². The third-order valence-electron chi connectivity index (χ3n) is 6.07. The molecule has 2 aromatic rings. The molecule has 1 aliphatic heterocycles.